The lowest BCUT2D eigenvalue weighted by molar-refractivity contribution is -0.293. The Morgan fingerprint density at radius 1 is 1.36 bits per heavy atom. The van der Waals surface area contributed by atoms with Gasteiger partial charge in [0.15, 0.2) is 6.61 Å². The number of carbonyl (C=O) groups is 1. The first-order valence-electron chi connectivity index (χ1n) is 4.82. The van der Waals surface area contributed by atoms with E-state index in [2.05, 4.69) is 23.1 Å². The molecule has 0 radical (unpaired) electrons. The Labute approximate surface area is 84.8 Å². The zero-order valence-electron chi connectivity index (χ0n) is 8.66. The van der Waals surface area contributed by atoms with Gasteiger partial charge in [0, 0.05) is 0 Å². The highest BCUT2D eigenvalue weighted by Gasteiger charge is 2.01. The Morgan fingerprint density at radius 2 is 2.14 bits per heavy atom. The van der Waals surface area contributed by atoms with Gasteiger partial charge in [0.25, 0.3) is 0 Å². The SMILES string of the molecule is C=CCOC(=O)COOCCCCC. The van der Waals surface area contributed by atoms with Crippen molar-refractivity contribution in [3.8, 4) is 0 Å². The van der Waals surface area contributed by atoms with E-state index in [-0.39, 0.29) is 13.2 Å². The van der Waals surface area contributed by atoms with Crippen molar-refractivity contribution in [1.29, 1.82) is 0 Å². The topological polar surface area (TPSA) is 44.8 Å². The second-order valence-corrected chi connectivity index (χ2v) is 2.76. The molecular formula is C10H18O4. The van der Waals surface area contributed by atoms with E-state index >= 15 is 0 Å². The molecule has 0 aliphatic carbocycles. The van der Waals surface area contributed by atoms with Gasteiger partial charge in [-0.1, -0.05) is 32.4 Å². The molecule has 0 bridgehead atoms. The summed E-state index contributed by atoms with van der Waals surface area (Å²) in [6.07, 6.45) is 4.67. The predicted molar refractivity (Wildman–Crippen MR) is 52.6 cm³/mol. The van der Waals surface area contributed by atoms with Crippen molar-refractivity contribution in [2.24, 2.45) is 0 Å². The first-order chi connectivity index (χ1) is 6.81. The minimum Gasteiger partial charge on any atom is -0.460 e. The lowest BCUT2D eigenvalue weighted by atomic mass is 10.3. The molecule has 0 atom stereocenters. The van der Waals surface area contributed by atoms with E-state index in [4.69, 9.17) is 4.89 Å². The zero-order chi connectivity index (χ0) is 10.6. The number of hydrogen-bond donors (Lipinski definition) is 0. The number of esters is 1. The molecular weight excluding hydrogens is 184 g/mol. The summed E-state index contributed by atoms with van der Waals surface area (Å²) in [6.45, 7) is 6.07. The third-order valence-corrected chi connectivity index (χ3v) is 1.45. The highest BCUT2D eigenvalue weighted by molar-refractivity contribution is 5.70. The molecule has 0 saturated carbocycles. The van der Waals surface area contributed by atoms with Crippen molar-refractivity contribution in [3.63, 3.8) is 0 Å². The van der Waals surface area contributed by atoms with Crippen molar-refractivity contribution < 1.29 is 19.3 Å². The summed E-state index contributed by atoms with van der Waals surface area (Å²) in [4.78, 5) is 20.2. The fraction of sp³-hybridized carbons (Fsp3) is 0.700. The molecule has 0 aromatic carbocycles. The molecule has 0 aromatic rings. The van der Waals surface area contributed by atoms with Crippen LogP contribution in [-0.2, 0) is 19.3 Å². The molecule has 0 aliphatic heterocycles. The van der Waals surface area contributed by atoms with Gasteiger partial charge in [-0.2, -0.15) is 0 Å². The van der Waals surface area contributed by atoms with Gasteiger partial charge in [0.05, 0.1) is 6.61 Å². The predicted octanol–water partition coefficient (Wildman–Crippen LogP) is 1.85. The quantitative estimate of drug-likeness (QED) is 0.188. The third-order valence-electron chi connectivity index (χ3n) is 1.45. The van der Waals surface area contributed by atoms with Crippen LogP contribution in [-0.4, -0.2) is 25.8 Å². The van der Waals surface area contributed by atoms with Gasteiger partial charge in [0.1, 0.15) is 6.61 Å². The summed E-state index contributed by atoms with van der Waals surface area (Å²) >= 11 is 0. The highest BCUT2D eigenvalue weighted by atomic mass is 17.2. The van der Waals surface area contributed by atoms with E-state index in [1.165, 1.54) is 6.08 Å². The molecule has 0 N–H and O–H groups in total. The van der Waals surface area contributed by atoms with Crippen molar-refractivity contribution in [1.82, 2.24) is 0 Å². The molecule has 82 valence electrons. The molecule has 0 fully saturated rings. The minimum absolute atomic E-state index is 0.167. The van der Waals surface area contributed by atoms with E-state index in [1.54, 1.807) is 0 Å². The van der Waals surface area contributed by atoms with Crippen LogP contribution in [0.4, 0.5) is 0 Å². The molecule has 4 nitrogen and oxygen atoms in total. The largest absolute Gasteiger partial charge is 0.460 e. The van der Waals surface area contributed by atoms with Gasteiger partial charge >= 0.3 is 5.97 Å². The Balaban J connectivity index is 3.10. The van der Waals surface area contributed by atoms with Crippen LogP contribution in [0.15, 0.2) is 12.7 Å². The summed E-state index contributed by atoms with van der Waals surface area (Å²) in [5.41, 5.74) is 0. The van der Waals surface area contributed by atoms with E-state index < -0.39 is 5.97 Å². The number of hydrogen-bond acceptors (Lipinski definition) is 4. The number of carbonyl (C=O) groups excluding carboxylic acids is 1. The molecule has 14 heavy (non-hydrogen) atoms. The molecule has 0 unspecified atom stereocenters. The fourth-order valence-electron chi connectivity index (χ4n) is 0.753. The standard InChI is InChI=1S/C10H18O4/c1-3-5-6-8-13-14-9-10(11)12-7-4-2/h4H,2-3,5-9H2,1H3. The second-order valence-electron chi connectivity index (χ2n) is 2.76. The lowest BCUT2D eigenvalue weighted by Crippen LogP contribution is -2.13. The average molecular weight is 202 g/mol. The zero-order valence-corrected chi connectivity index (χ0v) is 8.66. The van der Waals surface area contributed by atoms with Crippen LogP contribution in [0.1, 0.15) is 26.2 Å². The van der Waals surface area contributed by atoms with Crippen molar-refractivity contribution in [3.05, 3.63) is 12.7 Å². The average Bonchev–Trinajstić information content (AvgIpc) is 2.20. The van der Waals surface area contributed by atoms with Crippen LogP contribution in [0.5, 0.6) is 0 Å². The van der Waals surface area contributed by atoms with Gasteiger partial charge < -0.3 is 4.74 Å². The Morgan fingerprint density at radius 3 is 2.79 bits per heavy atom. The summed E-state index contributed by atoms with van der Waals surface area (Å²) < 4.78 is 4.66. The van der Waals surface area contributed by atoms with Crippen LogP contribution >= 0.6 is 0 Å². The molecule has 0 aliphatic rings. The van der Waals surface area contributed by atoms with E-state index in [9.17, 15) is 4.79 Å². The van der Waals surface area contributed by atoms with E-state index in [1.807, 2.05) is 0 Å². The lowest BCUT2D eigenvalue weighted by Gasteiger charge is -2.03. The van der Waals surface area contributed by atoms with Crippen molar-refractivity contribution >= 4 is 5.97 Å². The maximum Gasteiger partial charge on any atom is 0.335 e. The van der Waals surface area contributed by atoms with E-state index in [0.29, 0.717) is 6.61 Å². The van der Waals surface area contributed by atoms with Crippen LogP contribution in [0.3, 0.4) is 0 Å². The van der Waals surface area contributed by atoms with Gasteiger partial charge in [-0.05, 0) is 6.42 Å². The molecule has 0 spiro atoms. The summed E-state index contributed by atoms with van der Waals surface area (Å²) in [6, 6.07) is 0. The van der Waals surface area contributed by atoms with Crippen molar-refractivity contribution in [2.75, 3.05) is 19.8 Å². The van der Waals surface area contributed by atoms with Crippen LogP contribution in [0.2, 0.25) is 0 Å². The molecule has 0 heterocycles. The summed E-state index contributed by atoms with van der Waals surface area (Å²) in [5, 5.41) is 0. The smallest absolute Gasteiger partial charge is 0.335 e. The van der Waals surface area contributed by atoms with Gasteiger partial charge in [-0.3, -0.25) is 0 Å². The van der Waals surface area contributed by atoms with Gasteiger partial charge in [0.2, 0.25) is 0 Å². The van der Waals surface area contributed by atoms with Crippen molar-refractivity contribution in [2.45, 2.75) is 26.2 Å². The normalized spacial score (nSPS) is 9.79. The maximum absolute atomic E-state index is 10.8. The monoisotopic (exact) mass is 202 g/mol. The Kier molecular flexibility index (Phi) is 9.58. The van der Waals surface area contributed by atoms with Crippen LogP contribution in [0, 0.1) is 0 Å². The number of rotatable bonds is 9. The van der Waals surface area contributed by atoms with Gasteiger partial charge in [-0.15, -0.1) is 0 Å². The molecule has 0 rings (SSSR count). The number of unbranched alkanes of at least 4 members (excludes halogenated alkanes) is 2. The maximum atomic E-state index is 10.8. The Hall–Kier alpha value is -0.870. The first kappa shape index (κ1) is 13.1. The third kappa shape index (κ3) is 9.22. The van der Waals surface area contributed by atoms with Crippen LogP contribution < -0.4 is 0 Å². The molecule has 0 amide bonds. The summed E-state index contributed by atoms with van der Waals surface area (Å²) in [5.74, 6) is -0.444. The molecule has 0 saturated heterocycles. The fourth-order valence-corrected chi connectivity index (χ4v) is 0.753. The van der Waals surface area contributed by atoms with Crippen LogP contribution in [0.25, 0.3) is 0 Å². The van der Waals surface area contributed by atoms with Gasteiger partial charge in [-0.25, -0.2) is 14.6 Å². The number of ether oxygens (including phenoxy) is 1. The summed E-state index contributed by atoms with van der Waals surface area (Å²) in [7, 11) is 0. The molecule has 4 heteroatoms. The Bertz CT molecular complexity index is 156. The second kappa shape index (κ2) is 10.2. The first-order valence-corrected chi connectivity index (χ1v) is 4.82. The highest BCUT2D eigenvalue weighted by Crippen LogP contribution is 1.94. The van der Waals surface area contributed by atoms with E-state index in [0.717, 1.165) is 19.3 Å². The minimum atomic E-state index is -0.444. The molecule has 0 aromatic heterocycles.